The minimum Gasteiger partial charge on any atom is -0.478 e. The molecule has 0 spiro atoms. The van der Waals surface area contributed by atoms with Gasteiger partial charge in [-0.1, -0.05) is 0 Å². The van der Waals surface area contributed by atoms with Crippen molar-refractivity contribution in [1.29, 1.82) is 0 Å². The van der Waals surface area contributed by atoms with Crippen molar-refractivity contribution in [2.45, 2.75) is 25.9 Å². The molecule has 0 aliphatic rings. The Morgan fingerprint density at radius 2 is 2.28 bits per heavy atom. The van der Waals surface area contributed by atoms with Crippen molar-refractivity contribution in [3.05, 3.63) is 12.3 Å². The number of nitrogens with zero attached hydrogens (tertiary/aromatic N) is 2. The molecule has 0 saturated heterocycles. The number of ether oxygens (including phenoxy) is 2. The average molecular weight is 255 g/mol. The van der Waals surface area contributed by atoms with E-state index in [-0.39, 0.29) is 0 Å². The maximum absolute atomic E-state index is 10.1. The Morgan fingerprint density at radius 3 is 2.94 bits per heavy atom. The maximum Gasteiger partial charge on any atom is 0.226 e. The van der Waals surface area contributed by atoms with Crippen LogP contribution in [0.25, 0.3) is 0 Å². The molecule has 1 atom stereocenters. The van der Waals surface area contributed by atoms with E-state index in [1.165, 1.54) is 0 Å². The van der Waals surface area contributed by atoms with Crippen LogP contribution >= 0.6 is 0 Å². The molecule has 18 heavy (non-hydrogen) atoms. The van der Waals surface area contributed by atoms with E-state index < -0.39 is 5.60 Å². The van der Waals surface area contributed by atoms with Gasteiger partial charge in [0, 0.05) is 38.9 Å². The van der Waals surface area contributed by atoms with E-state index in [0.717, 1.165) is 0 Å². The van der Waals surface area contributed by atoms with E-state index in [1.807, 2.05) is 6.92 Å². The lowest BCUT2D eigenvalue weighted by molar-refractivity contribution is 0.0356. The molecular weight excluding hydrogens is 234 g/mol. The molecule has 0 bridgehead atoms. The lowest BCUT2D eigenvalue weighted by Gasteiger charge is -2.23. The third kappa shape index (κ3) is 5.29. The predicted molar refractivity (Wildman–Crippen MR) is 68.8 cm³/mol. The van der Waals surface area contributed by atoms with Crippen LogP contribution in [0.2, 0.25) is 0 Å². The van der Waals surface area contributed by atoms with Crippen LogP contribution in [0.15, 0.2) is 12.3 Å². The Kier molecular flexibility index (Phi) is 5.80. The third-order valence-corrected chi connectivity index (χ3v) is 2.39. The van der Waals surface area contributed by atoms with Crippen molar-refractivity contribution in [3.8, 4) is 5.88 Å². The van der Waals surface area contributed by atoms with Gasteiger partial charge in [-0.15, -0.1) is 0 Å². The fourth-order valence-electron chi connectivity index (χ4n) is 1.34. The predicted octanol–water partition coefficient (Wildman–Crippen LogP) is 1.07. The van der Waals surface area contributed by atoms with E-state index >= 15 is 0 Å². The van der Waals surface area contributed by atoms with E-state index in [4.69, 9.17) is 9.47 Å². The Bertz CT molecular complexity index is 358. The highest BCUT2D eigenvalue weighted by atomic mass is 16.5. The van der Waals surface area contributed by atoms with Gasteiger partial charge >= 0.3 is 0 Å². The highest BCUT2D eigenvalue weighted by Gasteiger charge is 2.20. The van der Waals surface area contributed by atoms with Gasteiger partial charge in [0.2, 0.25) is 11.8 Å². The van der Waals surface area contributed by atoms with Crippen LogP contribution in [0.4, 0.5) is 5.95 Å². The number of rotatable bonds is 8. The van der Waals surface area contributed by atoms with Crippen LogP contribution in [0.3, 0.4) is 0 Å². The van der Waals surface area contributed by atoms with Crippen LogP contribution in [-0.2, 0) is 4.74 Å². The zero-order valence-corrected chi connectivity index (χ0v) is 11.1. The monoisotopic (exact) mass is 255 g/mol. The summed E-state index contributed by atoms with van der Waals surface area (Å²) < 4.78 is 10.2. The van der Waals surface area contributed by atoms with E-state index in [2.05, 4.69) is 15.3 Å². The SMILES string of the molecule is CCOc1ccnc(NCC(C)(O)CCOC)n1. The van der Waals surface area contributed by atoms with Gasteiger partial charge in [0.1, 0.15) is 0 Å². The summed E-state index contributed by atoms with van der Waals surface area (Å²) in [6.45, 7) is 5.05. The summed E-state index contributed by atoms with van der Waals surface area (Å²) in [5, 5.41) is 13.0. The molecule has 1 rings (SSSR count). The van der Waals surface area contributed by atoms with Crippen molar-refractivity contribution < 1.29 is 14.6 Å². The topological polar surface area (TPSA) is 76.5 Å². The number of methoxy groups -OCH3 is 1. The summed E-state index contributed by atoms with van der Waals surface area (Å²) in [7, 11) is 1.61. The van der Waals surface area contributed by atoms with Gasteiger partial charge in [0.05, 0.1) is 12.2 Å². The molecule has 1 unspecified atom stereocenters. The quantitative estimate of drug-likeness (QED) is 0.723. The molecule has 1 aromatic rings. The van der Waals surface area contributed by atoms with Crippen LogP contribution in [0, 0.1) is 0 Å². The van der Waals surface area contributed by atoms with Crippen molar-refractivity contribution in [1.82, 2.24) is 9.97 Å². The second-order valence-electron chi connectivity index (χ2n) is 4.24. The molecule has 0 radical (unpaired) electrons. The molecule has 0 saturated carbocycles. The normalized spacial score (nSPS) is 14.0. The molecule has 1 heterocycles. The standard InChI is InChI=1S/C12H21N3O3/c1-4-18-10-5-7-13-11(15-10)14-9-12(2,16)6-8-17-3/h5,7,16H,4,6,8-9H2,1-3H3,(H,13,14,15). The molecule has 102 valence electrons. The van der Waals surface area contributed by atoms with Crippen LogP contribution < -0.4 is 10.1 Å². The molecule has 0 aromatic carbocycles. The van der Waals surface area contributed by atoms with Crippen molar-refractivity contribution >= 4 is 5.95 Å². The molecule has 2 N–H and O–H groups in total. The fourth-order valence-corrected chi connectivity index (χ4v) is 1.34. The first-order valence-corrected chi connectivity index (χ1v) is 5.98. The summed E-state index contributed by atoms with van der Waals surface area (Å²) in [4.78, 5) is 8.22. The minimum absolute atomic E-state index is 0.353. The van der Waals surface area contributed by atoms with Gasteiger partial charge in [-0.05, 0) is 13.8 Å². The lowest BCUT2D eigenvalue weighted by atomic mass is 10.0. The average Bonchev–Trinajstić information content (AvgIpc) is 2.35. The zero-order valence-electron chi connectivity index (χ0n) is 11.1. The number of nitrogens with one attached hydrogen (secondary N) is 1. The summed E-state index contributed by atoms with van der Waals surface area (Å²) in [6.07, 6.45) is 2.16. The van der Waals surface area contributed by atoms with Gasteiger partial charge in [-0.2, -0.15) is 4.98 Å². The Morgan fingerprint density at radius 1 is 1.50 bits per heavy atom. The molecule has 1 aromatic heterocycles. The highest BCUT2D eigenvalue weighted by molar-refractivity contribution is 5.27. The van der Waals surface area contributed by atoms with Gasteiger partial charge in [-0.3, -0.25) is 0 Å². The zero-order chi connectivity index (χ0) is 13.4. The summed E-state index contributed by atoms with van der Waals surface area (Å²) in [5.41, 5.74) is -0.860. The largest absolute Gasteiger partial charge is 0.478 e. The first-order valence-electron chi connectivity index (χ1n) is 5.98. The second kappa shape index (κ2) is 7.13. The molecule has 0 aliphatic carbocycles. The minimum atomic E-state index is -0.860. The number of aromatic nitrogens is 2. The first-order chi connectivity index (χ1) is 8.57. The van der Waals surface area contributed by atoms with Crippen LogP contribution in [0.1, 0.15) is 20.3 Å². The van der Waals surface area contributed by atoms with Gasteiger partial charge < -0.3 is 19.9 Å². The number of hydrogen-bond acceptors (Lipinski definition) is 6. The third-order valence-electron chi connectivity index (χ3n) is 2.39. The Hall–Kier alpha value is -1.40. The molecule has 6 heteroatoms. The Labute approximate surface area is 107 Å². The summed E-state index contributed by atoms with van der Waals surface area (Å²) in [5.74, 6) is 0.963. The van der Waals surface area contributed by atoms with Crippen molar-refractivity contribution in [2.75, 3.05) is 32.2 Å². The van der Waals surface area contributed by atoms with Gasteiger partial charge in [-0.25, -0.2) is 4.98 Å². The number of aliphatic hydroxyl groups is 1. The smallest absolute Gasteiger partial charge is 0.226 e. The van der Waals surface area contributed by atoms with Gasteiger partial charge in [0.25, 0.3) is 0 Å². The van der Waals surface area contributed by atoms with E-state index in [1.54, 1.807) is 26.3 Å². The van der Waals surface area contributed by atoms with Crippen LogP contribution in [0.5, 0.6) is 5.88 Å². The fraction of sp³-hybridized carbons (Fsp3) is 0.667. The lowest BCUT2D eigenvalue weighted by Crippen LogP contribution is -2.35. The molecule has 0 amide bonds. The summed E-state index contributed by atoms with van der Waals surface area (Å²) in [6, 6.07) is 1.69. The molecule has 0 fully saturated rings. The molecule has 6 nitrogen and oxygen atoms in total. The highest BCUT2D eigenvalue weighted by Crippen LogP contribution is 2.12. The summed E-state index contributed by atoms with van der Waals surface area (Å²) >= 11 is 0. The molecular formula is C12H21N3O3. The van der Waals surface area contributed by atoms with Gasteiger partial charge in [0.15, 0.2) is 0 Å². The number of hydrogen-bond donors (Lipinski definition) is 2. The number of anilines is 1. The molecule has 0 aliphatic heterocycles. The second-order valence-corrected chi connectivity index (χ2v) is 4.24. The Balaban J connectivity index is 2.49. The first kappa shape index (κ1) is 14.7. The van der Waals surface area contributed by atoms with E-state index in [0.29, 0.717) is 38.0 Å². The maximum atomic E-state index is 10.1. The van der Waals surface area contributed by atoms with Crippen molar-refractivity contribution in [3.63, 3.8) is 0 Å². The van der Waals surface area contributed by atoms with E-state index in [9.17, 15) is 5.11 Å². The van der Waals surface area contributed by atoms with Crippen molar-refractivity contribution in [2.24, 2.45) is 0 Å². The van der Waals surface area contributed by atoms with Crippen LogP contribution in [-0.4, -0.2) is 47.5 Å².